The van der Waals surface area contributed by atoms with Crippen LogP contribution < -0.4 is 4.90 Å². The average molecular weight is 262 g/mol. The minimum absolute atomic E-state index is 0.210. The third kappa shape index (κ3) is 3.48. The van der Waals surface area contributed by atoms with Crippen molar-refractivity contribution < 1.29 is 5.11 Å². The van der Waals surface area contributed by atoms with Gasteiger partial charge in [0, 0.05) is 31.4 Å². The van der Waals surface area contributed by atoms with Gasteiger partial charge in [-0.25, -0.2) is 0 Å². The van der Waals surface area contributed by atoms with E-state index in [9.17, 15) is 5.11 Å². The highest BCUT2D eigenvalue weighted by Crippen LogP contribution is 2.27. The second-order valence-corrected chi connectivity index (χ2v) is 6.64. The Kier molecular flexibility index (Phi) is 4.16. The van der Waals surface area contributed by atoms with Gasteiger partial charge in [0.25, 0.3) is 0 Å². The molecule has 1 saturated heterocycles. The van der Waals surface area contributed by atoms with Crippen LogP contribution in [0, 0.1) is 12.3 Å². The van der Waals surface area contributed by atoms with E-state index < -0.39 is 0 Å². The molecule has 1 aromatic carbocycles. The molecule has 0 radical (unpaired) electrons. The molecule has 0 aliphatic carbocycles. The number of hydrogen-bond acceptors (Lipinski definition) is 3. The van der Waals surface area contributed by atoms with Crippen LogP contribution in [-0.4, -0.2) is 49.3 Å². The Labute approximate surface area is 116 Å². The predicted molar refractivity (Wildman–Crippen MR) is 80.7 cm³/mol. The molecule has 1 fully saturated rings. The molecule has 0 saturated carbocycles. The van der Waals surface area contributed by atoms with E-state index in [1.807, 2.05) is 0 Å². The van der Waals surface area contributed by atoms with Crippen molar-refractivity contribution in [3.05, 3.63) is 29.8 Å². The van der Waals surface area contributed by atoms with Crippen molar-refractivity contribution in [2.75, 3.05) is 38.2 Å². The second kappa shape index (κ2) is 5.51. The van der Waals surface area contributed by atoms with Gasteiger partial charge in [0.2, 0.25) is 0 Å². The SMILES string of the molecule is Cc1cccc(N2CC(CO)N(C)CC(C)(C)C2)c1. The van der Waals surface area contributed by atoms with Gasteiger partial charge < -0.3 is 10.0 Å². The molecule has 3 nitrogen and oxygen atoms in total. The summed E-state index contributed by atoms with van der Waals surface area (Å²) in [5, 5.41) is 9.61. The van der Waals surface area contributed by atoms with E-state index in [1.165, 1.54) is 11.3 Å². The van der Waals surface area contributed by atoms with Crippen LogP contribution >= 0.6 is 0 Å². The maximum absolute atomic E-state index is 9.61. The molecule has 3 heteroatoms. The minimum Gasteiger partial charge on any atom is -0.395 e. The van der Waals surface area contributed by atoms with Crippen molar-refractivity contribution in [2.45, 2.75) is 26.8 Å². The fraction of sp³-hybridized carbons (Fsp3) is 0.625. The van der Waals surface area contributed by atoms with E-state index in [1.54, 1.807) is 0 Å². The molecular weight excluding hydrogens is 236 g/mol. The summed E-state index contributed by atoms with van der Waals surface area (Å²) in [4.78, 5) is 4.70. The normalized spacial score (nSPS) is 24.3. The smallest absolute Gasteiger partial charge is 0.0604 e. The zero-order valence-corrected chi connectivity index (χ0v) is 12.6. The average Bonchev–Trinajstić information content (AvgIpc) is 2.44. The predicted octanol–water partition coefficient (Wildman–Crippen LogP) is 2.13. The highest BCUT2D eigenvalue weighted by molar-refractivity contribution is 5.49. The summed E-state index contributed by atoms with van der Waals surface area (Å²) in [6.45, 7) is 9.87. The number of aliphatic hydroxyl groups excluding tert-OH is 1. The van der Waals surface area contributed by atoms with E-state index in [0.29, 0.717) is 0 Å². The topological polar surface area (TPSA) is 26.7 Å². The maximum Gasteiger partial charge on any atom is 0.0604 e. The quantitative estimate of drug-likeness (QED) is 0.884. The largest absolute Gasteiger partial charge is 0.395 e. The van der Waals surface area contributed by atoms with E-state index in [-0.39, 0.29) is 18.1 Å². The summed E-state index contributed by atoms with van der Waals surface area (Å²) in [6.07, 6.45) is 0. The summed E-state index contributed by atoms with van der Waals surface area (Å²) >= 11 is 0. The monoisotopic (exact) mass is 262 g/mol. The number of benzene rings is 1. The van der Waals surface area contributed by atoms with Crippen molar-refractivity contribution in [1.29, 1.82) is 0 Å². The first-order chi connectivity index (χ1) is 8.91. The molecule has 19 heavy (non-hydrogen) atoms. The fourth-order valence-corrected chi connectivity index (χ4v) is 3.05. The lowest BCUT2D eigenvalue weighted by atomic mass is 9.92. The molecular formula is C16H26N2O. The van der Waals surface area contributed by atoms with Crippen LogP contribution in [0.25, 0.3) is 0 Å². The Balaban J connectivity index is 2.28. The first-order valence-corrected chi connectivity index (χ1v) is 7.04. The molecule has 1 heterocycles. The van der Waals surface area contributed by atoms with Gasteiger partial charge in [-0.15, -0.1) is 0 Å². The van der Waals surface area contributed by atoms with Gasteiger partial charge in [-0.1, -0.05) is 26.0 Å². The number of hydrogen-bond donors (Lipinski definition) is 1. The summed E-state index contributed by atoms with van der Waals surface area (Å²) in [5.74, 6) is 0. The van der Waals surface area contributed by atoms with Gasteiger partial charge in [0.05, 0.1) is 6.61 Å². The molecule has 1 unspecified atom stereocenters. The van der Waals surface area contributed by atoms with Gasteiger partial charge in [-0.3, -0.25) is 4.90 Å². The molecule has 1 aliphatic rings. The zero-order chi connectivity index (χ0) is 14.0. The molecule has 1 N–H and O–H groups in total. The first-order valence-electron chi connectivity index (χ1n) is 7.04. The molecule has 1 atom stereocenters. The van der Waals surface area contributed by atoms with Gasteiger partial charge >= 0.3 is 0 Å². The molecule has 0 spiro atoms. The maximum atomic E-state index is 9.61. The zero-order valence-electron chi connectivity index (χ0n) is 12.6. The Hall–Kier alpha value is -1.06. The standard InChI is InChI=1S/C16H26N2O/c1-13-6-5-7-14(8-13)18-9-15(10-19)17(4)11-16(2,3)12-18/h5-8,15,19H,9-12H2,1-4H3. The van der Waals surface area contributed by atoms with Crippen molar-refractivity contribution >= 4 is 5.69 Å². The summed E-state index contributed by atoms with van der Waals surface area (Å²) in [6, 6.07) is 8.85. The van der Waals surface area contributed by atoms with Crippen molar-refractivity contribution in [3.8, 4) is 0 Å². The van der Waals surface area contributed by atoms with Crippen LogP contribution in [0.4, 0.5) is 5.69 Å². The molecule has 106 valence electrons. The van der Waals surface area contributed by atoms with Crippen molar-refractivity contribution in [2.24, 2.45) is 5.41 Å². The van der Waals surface area contributed by atoms with Crippen LogP contribution in [0.3, 0.4) is 0 Å². The number of rotatable bonds is 2. The third-order valence-corrected chi connectivity index (χ3v) is 3.93. The number of aliphatic hydroxyl groups is 1. The van der Waals surface area contributed by atoms with Crippen LogP contribution in [-0.2, 0) is 0 Å². The van der Waals surface area contributed by atoms with Gasteiger partial charge in [-0.05, 0) is 37.1 Å². The van der Waals surface area contributed by atoms with Crippen molar-refractivity contribution in [1.82, 2.24) is 4.90 Å². The third-order valence-electron chi connectivity index (χ3n) is 3.93. The van der Waals surface area contributed by atoms with E-state index in [2.05, 4.69) is 61.9 Å². The molecule has 2 rings (SSSR count). The molecule has 0 bridgehead atoms. The lowest BCUT2D eigenvalue weighted by molar-refractivity contribution is 0.133. The Morgan fingerprint density at radius 1 is 1.32 bits per heavy atom. The summed E-state index contributed by atoms with van der Waals surface area (Å²) in [5.41, 5.74) is 2.78. The van der Waals surface area contributed by atoms with Crippen LogP contribution in [0.5, 0.6) is 0 Å². The highest BCUT2D eigenvalue weighted by atomic mass is 16.3. The first kappa shape index (κ1) is 14.4. The van der Waals surface area contributed by atoms with E-state index in [0.717, 1.165) is 19.6 Å². The lowest BCUT2D eigenvalue weighted by Crippen LogP contribution is -2.41. The van der Waals surface area contributed by atoms with Gasteiger partial charge in [0.15, 0.2) is 0 Å². The Morgan fingerprint density at radius 2 is 2.05 bits per heavy atom. The van der Waals surface area contributed by atoms with Crippen LogP contribution in [0.1, 0.15) is 19.4 Å². The Morgan fingerprint density at radius 3 is 2.68 bits per heavy atom. The number of aryl methyl sites for hydroxylation is 1. The minimum atomic E-state index is 0.210. The van der Waals surface area contributed by atoms with Gasteiger partial charge in [0.1, 0.15) is 0 Å². The van der Waals surface area contributed by atoms with Crippen LogP contribution in [0.15, 0.2) is 24.3 Å². The van der Waals surface area contributed by atoms with Gasteiger partial charge in [-0.2, -0.15) is 0 Å². The summed E-state index contributed by atoms with van der Waals surface area (Å²) in [7, 11) is 2.11. The van der Waals surface area contributed by atoms with E-state index >= 15 is 0 Å². The molecule has 0 aromatic heterocycles. The second-order valence-electron chi connectivity index (χ2n) is 6.64. The summed E-state index contributed by atoms with van der Waals surface area (Å²) < 4.78 is 0. The lowest BCUT2D eigenvalue weighted by Gasteiger charge is -2.31. The molecule has 1 aliphatic heterocycles. The fourth-order valence-electron chi connectivity index (χ4n) is 3.05. The van der Waals surface area contributed by atoms with Crippen LogP contribution in [0.2, 0.25) is 0 Å². The number of likely N-dealkylation sites (N-methyl/N-ethyl adjacent to an activating group) is 1. The van der Waals surface area contributed by atoms with Crippen molar-refractivity contribution in [3.63, 3.8) is 0 Å². The number of nitrogens with zero attached hydrogens (tertiary/aromatic N) is 2. The Bertz CT molecular complexity index is 431. The van der Waals surface area contributed by atoms with E-state index in [4.69, 9.17) is 0 Å². The molecule has 0 amide bonds. The molecule has 1 aromatic rings. The number of anilines is 1. The highest BCUT2D eigenvalue weighted by Gasteiger charge is 2.32.